The molecule has 3 aliphatic rings. The van der Waals surface area contributed by atoms with E-state index in [1.165, 1.54) is 50.1 Å². The highest BCUT2D eigenvalue weighted by Gasteiger charge is 2.40. The average Bonchev–Trinajstić information content (AvgIpc) is 0.726. The largest absolute Gasteiger partial charge is 0.395 e. The minimum Gasteiger partial charge on any atom is -0.395 e. The first-order valence-corrected chi connectivity index (χ1v) is 46.0. The van der Waals surface area contributed by atoms with Crippen molar-refractivity contribution in [3.8, 4) is 69.0 Å². The lowest BCUT2D eigenvalue weighted by Gasteiger charge is -2.41. The number of rotatable bonds is 15. The van der Waals surface area contributed by atoms with Crippen LogP contribution in [-0.2, 0) is 14.4 Å². The van der Waals surface area contributed by atoms with E-state index in [0.717, 1.165) is 0 Å². The molecule has 9 aromatic heterocycles. The number of halogens is 15. The van der Waals surface area contributed by atoms with Gasteiger partial charge in [-0.2, -0.15) is 15.8 Å². The number of piperazine rings is 3. The Balaban J connectivity index is 0.000000175. The molecule has 0 aliphatic carbocycles. The minimum atomic E-state index is -1.24. The van der Waals surface area contributed by atoms with Crippen LogP contribution in [0, 0.1) is 89.7 Å². The van der Waals surface area contributed by atoms with Crippen LogP contribution in [0.1, 0.15) is 131 Å². The molecule has 0 spiro atoms. The second-order valence-electron chi connectivity index (χ2n) is 33.8. The van der Waals surface area contributed by atoms with E-state index < -0.39 is 115 Å². The molecule has 138 heavy (non-hydrogen) atoms. The summed E-state index contributed by atoms with van der Waals surface area (Å²) in [6.45, 7) is 35.4. The number of hydrogen-bond acceptors (Lipinski definition) is 21. The highest BCUT2D eigenvalue weighted by molar-refractivity contribution is 6.42. The van der Waals surface area contributed by atoms with E-state index in [-0.39, 0.29) is 212 Å². The van der Waals surface area contributed by atoms with E-state index in [1.54, 1.807) is 72.3 Å². The van der Waals surface area contributed by atoms with Gasteiger partial charge in [0.2, 0.25) is 17.7 Å². The van der Waals surface area contributed by atoms with E-state index in [0.29, 0.717) is 50.8 Å². The third-order valence-electron chi connectivity index (χ3n) is 24.1. The summed E-state index contributed by atoms with van der Waals surface area (Å²) in [5, 5.41) is 27.6. The summed E-state index contributed by atoms with van der Waals surface area (Å²) in [5.74, 6) is -8.65. The maximum atomic E-state index is 15.6. The summed E-state index contributed by atoms with van der Waals surface area (Å²) in [5.41, 5.74) is 16.3. The molecule has 3 amide bonds. The van der Waals surface area contributed by atoms with Gasteiger partial charge in [0.25, 0.3) is 16.7 Å². The van der Waals surface area contributed by atoms with Crippen molar-refractivity contribution < 1.29 is 40.7 Å². The maximum absolute atomic E-state index is 15.6. The zero-order valence-corrected chi connectivity index (χ0v) is 82.6. The second-order valence-corrected chi connectivity index (χ2v) is 37.3. The van der Waals surface area contributed by atoms with Crippen molar-refractivity contribution in [1.29, 1.82) is 15.8 Å². The van der Waals surface area contributed by atoms with Crippen LogP contribution in [0.15, 0.2) is 107 Å². The van der Waals surface area contributed by atoms with E-state index in [1.807, 2.05) is 77.0 Å². The van der Waals surface area contributed by atoms with Gasteiger partial charge in [-0.3, -0.25) is 57.4 Å². The normalized spacial score (nSPS) is 15.0. The summed E-state index contributed by atoms with van der Waals surface area (Å²) >= 11 is 57.1. The predicted molar refractivity (Wildman–Crippen MR) is 531 cm³/mol. The molecule has 3 aromatic carbocycles. The van der Waals surface area contributed by atoms with Crippen LogP contribution in [0.2, 0.25) is 45.2 Å². The fraction of sp³-hybridized carbons (Fsp3) is 0.281. The van der Waals surface area contributed by atoms with Gasteiger partial charge in [-0.1, -0.05) is 166 Å². The molecule has 0 radical (unpaired) electrons. The molecule has 12 aromatic rings. The molecule has 27 nitrogen and oxygen atoms in total. The molecule has 15 rings (SSSR count). The topological polar surface area (TPSA) is 363 Å². The number of anilines is 6. The number of aromatic nitrogens is 9. The third kappa shape index (κ3) is 18.0. The zero-order valence-electron chi connectivity index (χ0n) is 75.8. The van der Waals surface area contributed by atoms with Crippen molar-refractivity contribution in [2.24, 2.45) is 0 Å². The van der Waals surface area contributed by atoms with Crippen LogP contribution >= 0.6 is 104 Å². The van der Waals surface area contributed by atoms with Gasteiger partial charge in [-0.05, 0) is 131 Å². The Bertz CT molecular complexity index is 6790. The smallest absolute Gasteiger partial charge is 0.276 e. The molecule has 3 saturated heterocycles. The van der Waals surface area contributed by atoms with Gasteiger partial charge in [-0.15, -0.1) is 0 Å². The van der Waals surface area contributed by atoms with Crippen molar-refractivity contribution in [1.82, 2.24) is 58.3 Å². The number of nitrogen functional groups attached to an aromatic ring is 3. The molecule has 3 fully saturated rings. The fourth-order valence-electron chi connectivity index (χ4n) is 17.5. The van der Waals surface area contributed by atoms with Crippen LogP contribution in [0.3, 0.4) is 0 Å². The van der Waals surface area contributed by atoms with Gasteiger partial charge >= 0.3 is 0 Å². The molecule has 6 N–H and O–H groups in total. The Kier molecular flexibility index (Phi) is 30.3. The van der Waals surface area contributed by atoms with Gasteiger partial charge < -0.3 is 46.6 Å². The molecule has 3 aliphatic heterocycles. The van der Waals surface area contributed by atoms with Crippen LogP contribution in [0.4, 0.5) is 60.5 Å². The minimum absolute atomic E-state index is 0.00290. The zero-order chi connectivity index (χ0) is 101. The van der Waals surface area contributed by atoms with E-state index >= 15 is 13.2 Å². The number of hydrogen-bond donors (Lipinski definition) is 3. The van der Waals surface area contributed by atoms with Crippen molar-refractivity contribution in [2.75, 3.05) is 90.8 Å². The average molecular weight is 2060 g/mol. The molecule has 0 bridgehead atoms. The molecule has 12 heterocycles. The molecule has 3 atom stereocenters. The standard InChI is InChI=1S/3C32H28Cl3F2N7O2/c3*1-6-20(45)43-10-9-42(13-16(43)5)30-17-11-19(33)28(21-22(34)26(39)25(37)23(35)24(21)36)41-31(17)44(32(46)18(30)12-38)29-15(4)7-8-40-27(29)14(2)3/h3*6-8,11,14,16H,1,9-10,13,39H2,2-5H3/t3*16-/m111/s1. The van der Waals surface area contributed by atoms with Crippen LogP contribution < -0.4 is 48.6 Å². The predicted octanol–water partition coefficient (Wildman–Crippen LogP) is 20.4. The highest BCUT2D eigenvalue weighted by atomic mass is 35.5. The number of nitriles is 3. The molecule has 0 saturated carbocycles. The van der Waals surface area contributed by atoms with E-state index in [2.05, 4.69) is 52.9 Å². The molecular weight excluding hydrogens is 1980 g/mol. The summed E-state index contributed by atoms with van der Waals surface area (Å²) in [6, 6.07) is 14.8. The second kappa shape index (κ2) is 40.8. The Morgan fingerprint density at radius 2 is 0.630 bits per heavy atom. The summed E-state index contributed by atoms with van der Waals surface area (Å²) < 4.78 is 94.1. The van der Waals surface area contributed by atoms with Crippen LogP contribution in [-0.4, -0.2) is 153 Å². The Morgan fingerprint density at radius 1 is 0.399 bits per heavy atom. The van der Waals surface area contributed by atoms with Crippen molar-refractivity contribution >= 4 is 189 Å². The van der Waals surface area contributed by atoms with Crippen molar-refractivity contribution in [3.63, 3.8) is 0 Å². The summed E-state index contributed by atoms with van der Waals surface area (Å²) in [4.78, 5) is 119. The van der Waals surface area contributed by atoms with E-state index in [9.17, 15) is 57.7 Å². The number of carbonyl (C=O) groups is 3. The molecule has 42 heteroatoms. The highest BCUT2D eigenvalue weighted by Crippen LogP contribution is 2.50. The Labute approximate surface area is 831 Å². The fourth-order valence-corrected chi connectivity index (χ4v) is 19.6. The van der Waals surface area contributed by atoms with Gasteiger partial charge in [0.1, 0.15) is 66.9 Å². The number of benzene rings is 3. The quantitative estimate of drug-likeness (QED) is 0.0282. The van der Waals surface area contributed by atoms with Gasteiger partial charge in [0.05, 0.1) is 132 Å². The lowest BCUT2D eigenvalue weighted by Crippen LogP contribution is -2.54. The van der Waals surface area contributed by atoms with Gasteiger partial charge in [-0.25, -0.2) is 41.3 Å². The third-order valence-corrected chi connectivity index (χ3v) is 27.2. The van der Waals surface area contributed by atoms with Crippen LogP contribution in [0.5, 0.6) is 0 Å². The first-order chi connectivity index (χ1) is 65.2. The Hall–Kier alpha value is -12.7. The first kappa shape index (κ1) is 103. The number of nitrogens with zero attached hydrogens (tertiary/aromatic N) is 18. The Morgan fingerprint density at radius 3 is 0.833 bits per heavy atom. The number of fused-ring (bicyclic) bond motifs is 3. The number of carbonyl (C=O) groups excluding carboxylic acids is 3. The van der Waals surface area contributed by atoms with Crippen LogP contribution in [0.25, 0.3) is 83.9 Å². The van der Waals surface area contributed by atoms with Gasteiger partial charge in [0, 0.05) is 112 Å². The number of nitrogens with two attached hydrogens (primary N) is 3. The summed E-state index contributed by atoms with van der Waals surface area (Å²) in [6.07, 6.45) is 8.53. The lowest BCUT2D eigenvalue weighted by atomic mass is 10.0. The number of amides is 3. The maximum Gasteiger partial charge on any atom is 0.276 e. The van der Waals surface area contributed by atoms with Crippen molar-refractivity contribution in [2.45, 2.75) is 119 Å². The molecular formula is C96H84Cl9F6N21O6. The first-order valence-electron chi connectivity index (χ1n) is 42.6. The van der Waals surface area contributed by atoms with Gasteiger partial charge in [0.15, 0.2) is 34.9 Å². The summed E-state index contributed by atoms with van der Waals surface area (Å²) in [7, 11) is 0. The van der Waals surface area contributed by atoms with Crippen molar-refractivity contribution in [3.05, 3.63) is 255 Å². The number of aryl methyl sites for hydroxylation is 3. The molecule has 0 unspecified atom stereocenters. The lowest BCUT2D eigenvalue weighted by molar-refractivity contribution is -0.129. The number of pyridine rings is 9. The SMILES string of the molecule is C=CC(=O)N1CCN(c2c(C#N)c(=O)n(-c3c(C)ccnc3C(C)C)c3nc(-c4c(F)c(Cl)c(F)c(N)c4Cl)c(Cl)cc23)C[C@H]1C.C=CC(=O)N1CCN(c2c(C#N)c(=O)n(-c3c(C)ccnc3C(C)C)c3nc(-c4c(F)c(Cl)c(F)c(N)c4Cl)c(Cl)cc23)C[C@H]1C.C=CC(=O)N1CCN(c2c(C#N)c(=O)n(-c3c(C)ccnc3C(C)C)c3nc(-c4c(F)c(Cl)c(F)c(N)c4Cl)c(Cl)cc23)C[C@H]1C. The monoisotopic (exact) mass is 2060 g/mol. The molecule has 714 valence electrons. The van der Waals surface area contributed by atoms with E-state index in [4.69, 9.17) is 137 Å².